The average molecular weight is 516 g/mol. The lowest BCUT2D eigenvalue weighted by atomic mass is 10.0. The first-order chi connectivity index (χ1) is 18.5. The molecule has 6 rings (SSSR count). The Bertz CT molecular complexity index is 1360. The van der Waals surface area contributed by atoms with Crippen LogP contribution in [0.1, 0.15) is 53.6 Å². The van der Waals surface area contributed by atoms with Crippen LogP contribution in [0.15, 0.2) is 49.2 Å². The molecule has 2 aromatic heterocycles. The van der Waals surface area contributed by atoms with Crippen molar-refractivity contribution in [2.75, 3.05) is 13.2 Å². The van der Waals surface area contributed by atoms with Crippen molar-refractivity contribution in [1.82, 2.24) is 34.9 Å². The Morgan fingerprint density at radius 1 is 1.08 bits per heavy atom. The molecule has 0 radical (unpaired) electrons. The summed E-state index contributed by atoms with van der Waals surface area (Å²) in [5.74, 6) is 0.522. The van der Waals surface area contributed by atoms with Crippen molar-refractivity contribution in [3.63, 3.8) is 0 Å². The summed E-state index contributed by atoms with van der Waals surface area (Å²) in [6.07, 6.45) is 12.8. The number of nitrogens with zero attached hydrogens (tertiary/aromatic N) is 6. The molecule has 1 unspecified atom stereocenters. The standard InChI is InChI=1S/C27H29N7O4/c35-25-7-6-23(26(36)31-25)33-16-19-11-21(4-5-22(19)27(33)37)38-17-20-3-1-2-10-32(20)14-18-12-30-34(15-18)24-13-28-8-9-29-24/h4-5,8-9,11-13,15,20,23H,1-3,6-7,10,14,16-17H2,(H,31,35,36)/t20-,23?/m1/s1. The van der Waals surface area contributed by atoms with Crippen LogP contribution in [-0.2, 0) is 22.7 Å². The highest BCUT2D eigenvalue weighted by atomic mass is 16.5. The third kappa shape index (κ3) is 4.89. The molecule has 0 aliphatic carbocycles. The maximum absolute atomic E-state index is 12.9. The van der Waals surface area contributed by atoms with Crippen LogP contribution in [0.5, 0.6) is 5.75 Å². The van der Waals surface area contributed by atoms with Gasteiger partial charge < -0.3 is 9.64 Å². The molecule has 3 amide bonds. The number of aromatic nitrogens is 4. The first-order valence-electron chi connectivity index (χ1n) is 13.0. The van der Waals surface area contributed by atoms with Gasteiger partial charge in [-0.2, -0.15) is 5.10 Å². The number of nitrogens with one attached hydrogen (secondary N) is 1. The summed E-state index contributed by atoms with van der Waals surface area (Å²) in [6.45, 7) is 2.64. The predicted molar refractivity (Wildman–Crippen MR) is 135 cm³/mol. The molecular formula is C27H29N7O4. The number of piperidine rings is 2. The van der Waals surface area contributed by atoms with Gasteiger partial charge in [-0.1, -0.05) is 6.42 Å². The number of ether oxygens (including phenoxy) is 1. The molecule has 11 heteroatoms. The fraction of sp³-hybridized carbons (Fsp3) is 0.407. The van der Waals surface area contributed by atoms with Crippen molar-refractivity contribution in [3.05, 3.63) is 65.9 Å². The zero-order valence-corrected chi connectivity index (χ0v) is 21.0. The summed E-state index contributed by atoms with van der Waals surface area (Å²) < 4.78 is 7.97. The van der Waals surface area contributed by atoms with Gasteiger partial charge in [0, 0.05) is 55.3 Å². The molecule has 3 aliphatic heterocycles. The second-order valence-electron chi connectivity index (χ2n) is 10.0. The van der Waals surface area contributed by atoms with Crippen molar-refractivity contribution in [2.24, 2.45) is 0 Å². The molecule has 1 N–H and O–H groups in total. The lowest BCUT2D eigenvalue weighted by molar-refractivity contribution is -0.136. The number of benzene rings is 1. The SMILES string of the molecule is O=C1CCC(N2Cc3cc(OC[C@H]4CCCCN4Cc4cnn(-c5cnccn5)c4)ccc3C2=O)C(=O)N1. The lowest BCUT2D eigenvalue weighted by Crippen LogP contribution is -2.52. The van der Waals surface area contributed by atoms with E-state index in [1.165, 1.54) is 0 Å². The number of likely N-dealkylation sites (tertiary alicyclic amines) is 1. The number of fused-ring (bicyclic) bond motifs is 1. The van der Waals surface area contributed by atoms with Crippen LogP contribution in [0.2, 0.25) is 0 Å². The number of rotatable bonds is 7. The van der Waals surface area contributed by atoms with E-state index in [-0.39, 0.29) is 24.3 Å². The Balaban J connectivity index is 1.09. The van der Waals surface area contributed by atoms with E-state index in [2.05, 4.69) is 25.3 Å². The van der Waals surface area contributed by atoms with Crippen molar-refractivity contribution in [2.45, 2.75) is 57.3 Å². The van der Waals surface area contributed by atoms with Gasteiger partial charge in [0.25, 0.3) is 5.91 Å². The minimum atomic E-state index is -0.619. The Labute approximate surface area is 219 Å². The minimum absolute atomic E-state index is 0.179. The van der Waals surface area contributed by atoms with E-state index in [4.69, 9.17) is 4.74 Å². The van der Waals surface area contributed by atoms with Crippen LogP contribution in [-0.4, -0.2) is 72.5 Å². The number of hydrogen-bond acceptors (Lipinski definition) is 8. The zero-order chi connectivity index (χ0) is 26.1. The molecule has 2 fully saturated rings. The van der Waals surface area contributed by atoms with Crippen molar-refractivity contribution in [1.29, 1.82) is 0 Å². The van der Waals surface area contributed by atoms with Crippen LogP contribution >= 0.6 is 0 Å². The van der Waals surface area contributed by atoms with Gasteiger partial charge in [0.05, 0.1) is 12.4 Å². The third-order valence-corrected chi connectivity index (χ3v) is 7.49. The summed E-state index contributed by atoms with van der Waals surface area (Å²) in [5, 5.41) is 6.78. The summed E-state index contributed by atoms with van der Waals surface area (Å²) in [5.41, 5.74) is 2.53. The van der Waals surface area contributed by atoms with Crippen molar-refractivity contribution in [3.8, 4) is 11.6 Å². The maximum atomic E-state index is 12.9. The Kier molecular flexibility index (Phi) is 6.59. The minimum Gasteiger partial charge on any atom is -0.492 e. The predicted octanol–water partition coefficient (Wildman–Crippen LogP) is 1.86. The van der Waals surface area contributed by atoms with Crippen LogP contribution in [0.3, 0.4) is 0 Å². The smallest absolute Gasteiger partial charge is 0.255 e. The van der Waals surface area contributed by atoms with Crippen LogP contribution < -0.4 is 10.1 Å². The number of carbonyl (C=O) groups excluding carboxylic acids is 3. The van der Waals surface area contributed by atoms with E-state index < -0.39 is 11.9 Å². The summed E-state index contributed by atoms with van der Waals surface area (Å²) in [4.78, 5) is 49.2. The van der Waals surface area contributed by atoms with Crippen molar-refractivity contribution >= 4 is 17.7 Å². The largest absolute Gasteiger partial charge is 0.492 e. The van der Waals surface area contributed by atoms with Gasteiger partial charge in [-0.25, -0.2) is 9.67 Å². The summed E-state index contributed by atoms with van der Waals surface area (Å²) >= 11 is 0. The molecule has 2 saturated heterocycles. The number of amides is 3. The van der Waals surface area contributed by atoms with Crippen LogP contribution in [0.25, 0.3) is 5.82 Å². The molecule has 0 spiro atoms. The van der Waals surface area contributed by atoms with Gasteiger partial charge in [0.1, 0.15) is 18.4 Å². The maximum Gasteiger partial charge on any atom is 0.255 e. The Morgan fingerprint density at radius 3 is 2.84 bits per heavy atom. The normalized spacial score (nSPS) is 21.9. The quantitative estimate of drug-likeness (QED) is 0.473. The fourth-order valence-electron chi connectivity index (χ4n) is 5.50. The van der Waals surface area contributed by atoms with E-state index >= 15 is 0 Å². The van der Waals surface area contributed by atoms with Gasteiger partial charge in [-0.05, 0) is 49.6 Å². The fourth-order valence-corrected chi connectivity index (χ4v) is 5.50. The van der Waals surface area contributed by atoms with E-state index in [1.807, 2.05) is 24.5 Å². The highest BCUT2D eigenvalue weighted by molar-refractivity contribution is 6.05. The second kappa shape index (κ2) is 10.3. The number of imide groups is 1. The molecule has 38 heavy (non-hydrogen) atoms. The monoisotopic (exact) mass is 515 g/mol. The van der Waals surface area contributed by atoms with E-state index in [0.29, 0.717) is 36.7 Å². The molecule has 0 bridgehead atoms. The summed E-state index contributed by atoms with van der Waals surface area (Å²) in [7, 11) is 0. The van der Waals surface area contributed by atoms with E-state index in [0.717, 1.165) is 43.5 Å². The molecule has 1 aromatic carbocycles. The van der Waals surface area contributed by atoms with Gasteiger partial charge in [0.15, 0.2) is 5.82 Å². The molecule has 0 saturated carbocycles. The van der Waals surface area contributed by atoms with Gasteiger partial charge in [-0.15, -0.1) is 0 Å². The number of carbonyl (C=O) groups is 3. The second-order valence-corrected chi connectivity index (χ2v) is 10.0. The molecular weight excluding hydrogens is 486 g/mol. The highest BCUT2D eigenvalue weighted by Crippen LogP contribution is 2.30. The van der Waals surface area contributed by atoms with Crippen molar-refractivity contribution < 1.29 is 19.1 Å². The summed E-state index contributed by atoms with van der Waals surface area (Å²) in [6, 6.07) is 5.14. The third-order valence-electron chi connectivity index (χ3n) is 7.49. The van der Waals surface area contributed by atoms with Gasteiger partial charge in [0.2, 0.25) is 11.8 Å². The molecule has 5 heterocycles. The topological polar surface area (TPSA) is 123 Å². The first kappa shape index (κ1) is 24.2. The average Bonchev–Trinajstić information content (AvgIpc) is 3.53. The van der Waals surface area contributed by atoms with E-state index in [9.17, 15) is 14.4 Å². The molecule has 196 valence electrons. The first-order valence-corrected chi connectivity index (χ1v) is 13.0. The molecule has 2 atom stereocenters. The van der Waals surface area contributed by atoms with Crippen LogP contribution in [0, 0.1) is 0 Å². The molecule has 3 aliphatic rings. The molecule has 3 aromatic rings. The lowest BCUT2D eigenvalue weighted by Gasteiger charge is -2.35. The Morgan fingerprint density at radius 2 is 2.00 bits per heavy atom. The van der Waals surface area contributed by atoms with Gasteiger partial charge in [-0.3, -0.25) is 29.6 Å². The van der Waals surface area contributed by atoms with Crippen LogP contribution in [0.4, 0.5) is 0 Å². The number of hydrogen-bond donors (Lipinski definition) is 1. The van der Waals surface area contributed by atoms with E-state index in [1.54, 1.807) is 34.2 Å². The molecule has 11 nitrogen and oxygen atoms in total. The Hall–Kier alpha value is -4.12. The highest BCUT2D eigenvalue weighted by Gasteiger charge is 2.39. The van der Waals surface area contributed by atoms with Gasteiger partial charge >= 0.3 is 0 Å². The zero-order valence-electron chi connectivity index (χ0n) is 21.0.